The van der Waals surface area contributed by atoms with Crippen molar-refractivity contribution in [1.82, 2.24) is 30.1 Å². The molecule has 0 spiro atoms. The molecule has 200 valence electrons. The van der Waals surface area contributed by atoms with Gasteiger partial charge in [0.1, 0.15) is 23.5 Å². The van der Waals surface area contributed by atoms with E-state index in [1.165, 1.54) is 0 Å². The molecule has 3 heterocycles. The zero-order chi connectivity index (χ0) is 26.8. The maximum atomic E-state index is 15.2. The van der Waals surface area contributed by atoms with Crippen LogP contribution < -0.4 is 15.4 Å². The summed E-state index contributed by atoms with van der Waals surface area (Å²) in [6.07, 6.45) is -0.0871. The molecule has 11 nitrogen and oxygen atoms in total. The van der Waals surface area contributed by atoms with Crippen LogP contribution in [0, 0.1) is 0 Å². The predicted molar refractivity (Wildman–Crippen MR) is 138 cm³/mol. The number of aliphatic hydroxyl groups is 1. The number of aromatic nitrogens is 5. The fourth-order valence-corrected chi connectivity index (χ4v) is 4.62. The number of alkyl carbamates (subject to hydrolysis) is 1. The van der Waals surface area contributed by atoms with Crippen LogP contribution >= 0.6 is 0 Å². The predicted octanol–water partition coefficient (Wildman–Crippen LogP) is 4.08. The van der Waals surface area contributed by atoms with E-state index in [1.807, 2.05) is 38.1 Å². The minimum atomic E-state index is -1.36. The van der Waals surface area contributed by atoms with Crippen molar-refractivity contribution in [2.24, 2.45) is 0 Å². The second-order valence-corrected chi connectivity index (χ2v) is 9.53. The van der Waals surface area contributed by atoms with Gasteiger partial charge in [0, 0.05) is 29.3 Å². The van der Waals surface area contributed by atoms with Crippen molar-refractivity contribution in [3.05, 3.63) is 54.0 Å². The molecule has 4 N–H and O–H groups in total. The summed E-state index contributed by atoms with van der Waals surface area (Å²) in [5.41, 5.74) is 3.16. The number of ether oxygens (including phenoxy) is 2. The van der Waals surface area contributed by atoms with Gasteiger partial charge in [-0.1, -0.05) is 12.1 Å². The molecule has 38 heavy (non-hydrogen) atoms. The van der Waals surface area contributed by atoms with E-state index in [0.717, 1.165) is 5.56 Å². The van der Waals surface area contributed by atoms with Crippen molar-refractivity contribution < 1.29 is 23.8 Å². The third kappa shape index (κ3) is 5.25. The average Bonchev–Trinajstić information content (AvgIpc) is 3.62. The number of fused-ring (bicyclic) bond motifs is 1. The van der Waals surface area contributed by atoms with Crippen LogP contribution in [0.3, 0.4) is 0 Å². The van der Waals surface area contributed by atoms with Crippen molar-refractivity contribution in [1.29, 1.82) is 0 Å². The molecule has 4 aromatic rings. The number of rotatable bonds is 8. The van der Waals surface area contributed by atoms with E-state index in [2.05, 4.69) is 25.9 Å². The third-order valence-electron chi connectivity index (χ3n) is 6.44. The number of hydrogen-bond acceptors (Lipinski definition) is 8. The molecular formula is C26H30FN7O4. The van der Waals surface area contributed by atoms with Crippen molar-refractivity contribution in [3.8, 4) is 17.0 Å². The minimum absolute atomic E-state index is 0.0919. The normalized spacial score (nSPS) is 19.2. The SMILES string of the molecule is COc1cccc(-c2cn3nc(CO)cc3c(Nc3cc([C@@H]4CC[C@H](OC(=O)NC(C)C)[C@@H]4F)[nH]n3)n2)c1. The second kappa shape index (κ2) is 10.7. The molecule has 5 rings (SSSR count). The Morgan fingerprint density at radius 1 is 1.29 bits per heavy atom. The van der Waals surface area contributed by atoms with E-state index in [0.29, 0.717) is 52.8 Å². The van der Waals surface area contributed by atoms with Crippen LogP contribution in [0.4, 0.5) is 20.8 Å². The Kier molecular flexibility index (Phi) is 7.14. The highest BCUT2D eigenvalue weighted by Gasteiger charge is 2.41. The van der Waals surface area contributed by atoms with Gasteiger partial charge in [-0.15, -0.1) is 0 Å². The van der Waals surface area contributed by atoms with Crippen LogP contribution in [0.15, 0.2) is 42.6 Å². The van der Waals surface area contributed by atoms with E-state index in [-0.39, 0.29) is 12.6 Å². The van der Waals surface area contributed by atoms with Gasteiger partial charge >= 0.3 is 6.09 Å². The summed E-state index contributed by atoms with van der Waals surface area (Å²) in [6, 6.07) is 10.9. The lowest BCUT2D eigenvalue weighted by molar-refractivity contribution is 0.0555. The molecule has 1 amide bonds. The fourth-order valence-electron chi connectivity index (χ4n) is 4.62. The van der Waals surface area contributed by atoms with Gasteiger partial charge in [-0.25, -0.2) is 18.7 Å². The third-order valence-corrected chi connectivity index (χ3v) is 6.44. The van der Waals surface area contributed by atoms with Crippen molar-refractivity contribution in [2.45, 2.75) is 57.5 Å². The number of H-pyrrole nitrogens is 1. The van der Waals surface area contributed by atoms with Crippen LogP contribution in [-0.2, 0) is 11.3 Å². The van der Waals surface area contributed by atoms with E-state index in [1.54, 1.807) is 30.0 Å². The molecular weight excluding hydrogens is 493 g/mol. The molecule has 1 aromatic carbocycles. The summed E-state index contributed by atoms with van der Waals surface area (Å²) in [6.45, 7) is 3.41. The van der Waals surface area contributed by atoms with Gasteiger partial charge in [0.25, 0.3) is 0 Å². The molecule has 3 atom stereocenters. The van der Waals surface area contributed by atoms with Crippen LogP contribution in [0.5, 0.6) is 5.75 Å². The Bertz CT molecular complexity index is 1440. The number of hydrogen-bond donors (Lipinski definition) is 4. The first-order valence-corrected chi connectivity index (χ1v) is 12.4. The number of nitrogens with zero attached hydrogens (tertiary/aromatic N) is 4. The number of halogens is 1. The lowest BCUT2D eigenvalue weighted by Crippen LogP contribution is -2.36. The molecule has 1 aliphatic rings. The Morgan fingerprint density at radius 2 is 2.13 bits per heavy atom. The van der Waals surface area contributed by atoms with Crippen LogP contribution in [0.1, 0.15) is 44.0 Å². The number of methoxy groups -OCH3 is 1. The molecule has 0 unspecified atom stereocenters. The molecule has 0 bridgehead atoms. The summed E-state index contributed by atoms with van der Waals surface area (Å²) in [7, 11) is 1.60. The lowest BCUT2D eigenvalue weighted by atomic mass is 10.0. The van der Waals surface area contributed by atoms with E-state index >= 15 is 4.39 Å². The quantitative estimate of drug-likeness (QED) is 0.271. The highest BCUT2D eigenvalue weighted by molar-refractivity contribution is 5.76. The molecule has 12 heteroatoms. The summed E-state index contributed by atoms with van der Waals surface area (Å²) >= 11 is 0. The van der Waals surface area contributed by atoms with E-state index in [4.69, 9.17) is 14.5 Å². The first kappa shape index (κ1) is 25.5. The molecule has 1 aliphatic carbocycles. The largest absolute Gasteiger partial charge is 0.497 e. The molecule has 0 radical (unpaired) electrons. The molecule has 0 aliphatic heterocycles. The first-order valence-electron chi connectivity index (χ1n) is 12.4. The molecule has 3 aromatic heterocycles. The van der Waals surface area contributed by atoms with Gasteiger partial charge in [-0.2, -0.15) is 10.2 Å². The molecule has 1 saturated carbocycles. The van der Waals surface area contributed by atoms with E-state index in [9.17, 15) is 9.90 Å². The monoisotopic (exact) mass is 523 g/mol. The summed E-state index contributed by atoms with van der Waals surface area (Å²) in [5, 5.41) is 27.1. The maximum Gasteiger partial charge on any atom is 0.407 e. The number of anilines is 2. The summed E-state index contributed by atoms with van der Waals surface area (Å²) < 4.78 is 27.5. The average molecular weight is 524 g/mol. The van der Waals surface area contributed by atoms with Crippen molar-refractivity contribution >= 4 is 23.2 Å². The Balaban J connectivity index is 1.39. The topological polar surface area (TPSA) is 139 Å². The summed E-state index contributed by atoms with van der Waals surface area (Å²) in [5.74, 6) is 1.11. The number of aromatic amines is 1. The summed E-state index contributed by atoms with van der Waals surface area (Å²) in [4.78, 5) is 16.7. The van der Waals surface area contributed by atoms with Crippen LogP contribution in [0.2, 0.25) is 0 Å². The lowest BCUT2D eigenvalue weighted by Gasteiger charge is -2.18. The first-order chi connectivity index (χ1) is 18.3. The Labute approximate surface area is 218 Å². The van der Waals surface area contributed by atoms with E-state index < -0.39 is 24.3 Å². The molecule has 0 saturated heterocycles. The van der Waals surface area contributed by atoms with Crippen molar-refractivity contribution in [3.63, 3.8) is 0 Å². The number of alkyl halides is 1. The van der Waals surface area contributed by atoms with Gasteiger partial charge in [0.15, 0.2) is 11.6 Å². The van der Waals surface area contributed by atoms with Gasteiger partial charge in [-0.05, 0) is 44.9 Å². The molecule has 1 fully saturated rings. The maximum absolute atomic E-state index is 15.2. The van der Waals surface area contributed by atoms with Gasteiger partial charge in [0.05, 0.1) is 31.3 Å². The smallest absolute Gasteiger partial charge is 0.407 e. The van der Waals surface area contributed by atoms with Gasteiger partial charge in [0.2, 0.25) is 0 Å². The standard InChI is InChI=1S/C26H30FN7O4/c1-14(2)28-26(36)38-22-8-7-18(24(22)27)19-11-23(32-31-19)30-25-21-10-16(13-35)33-34(21)12-20(29-25)15-5-4-6-17(9-15)37-3/h4-6,9-12,14,18,22,24,35H,7-8,13H2,1-3H3,(H,28,36)(H2,29,30,31,32)/t18-,22-,24+/m0/s1. The Morgan fingerprint density at radius 3 is 2.89 bits per heavy atom. The number of amides is 1. The number of nitrogens with one attached hydrogen (secondary N) is 3. The number of benzene rings is 1. The highest BCUT2D eigenvalue weighted by Crippen LogP contribution is 2.39. The number of carbonyl (C=O) groups excluding carboxylic acids is 1. The van der Waals surface area contributed by atoms with Gasteiger partial charge in [-0.3, -0.25) is 5.10 Å². The Hall–Kier alpha value is -4.19. The highest BCUT2D eigenvalue weighted by atomic mass is 19.1. The number of carbonyl (C=O) groups is 1. The van der Waals surface area contributed by atoms with Crippen molar-refractivity contribution in [2.75, 3.05) is 12.4 Å². The van der Waals surface area contributed by atoms with Gasteiger partial charge < -0.3 is 25.2 Å². The minimum Gasteiger partial charge on any atom is -0.497 e. The zero-order valence-corrected chi connectivity index (χ0v) is 21.3. The van der Waals surface area contributed by atoms with Crippen LogP contribution in [-0.4, -0.2) is 61.4 Å². The zero-order valence-electron chi connectivity index (χ0n) is 21.3. The fraction of sp³-hybridized carbons (Fsp3) is 0.385. The van der Waals surface area contributed by atoms with Crippen LogP contribution in [0.25, 0.3) is 16.8 Å². The number of aliphatic hydroxyl groups excluding tert-OH is 1. The second-order valence-electron chi connectivity index (χ2n) is 9.53.